The van der Waals surface area contributed by atoms with Crippen molar-refractivity contribution in [2.24, 2.45) is 5.73 Å². The van der Waals surface area contributed by atoms with Crippen LogP contribution in [0.25, 0.3) is 0 Å². The molecule has 0 aliphatic heterocycles. The van der Waals surface area contributed by atoms with Crippen LogP contribution in [-0.4, -0.2) is 23.3 Å². The lowest BCUT2D eigenvalue weighted by molar-refractivity contribution is 0.0935. The molecular formula is C10H9N3O2. The number of carbonyl (C=O) groups is 2. The molecule has 3 N–H and O–H groups in total. The van der Waals surface area contributed by atoms with Gasteiger partial charge in [0.2, 0.25) is 0 Å². The number of carbonyl (C=O) groups excluding carboxylic acids is 2. The fourth-order valence-electron chi connectivity index (χ4n) is 1.00. The maximum atomic E-state index is 11.5. The minimum absolute atomic E-state index is 0.0137. The molecular weight excluding hydrogens is 194 g/mol. The van der Waals surface area contributed by atoms with E-state index in [4.69, 9.17) is 12.2 Å². The van der Waals surface area contributed by atoms with Crippen molar-refractivity contribution in [2.75, 3.05) is 6.54 Å². The number of nitrogens with zero attached hydrogens (tertiary/aromatic N) is 1. The van der Waals surface area contributed by atoms with Crippen molar-refractivity contribution in [3.8, 4) is 12.3 Å². The highest BCUT2D eigenvalue weighted by molar-refractivity contribution is 6.05. The number of hydrogen-bond donors (Lipinski definition) is 2. The molecule has 1 rings (SSSR count). The van der Waals surface area contributed by atoms with Crippen LogP contribution in [-0.2, 0) is 0 Å². The van der Waals surface area contributed by atoms with Crippen molar-refractivity contribution < 1.29 is 9.59 Å². The van der Waals surface area contributed by atoms with E-state index in [0.29, 0.717) is 0 Å². The summed E-state index contributed by atoms with van der Waals surface area (Å²) in [6, 6.07) is 2.96. The molecule has 0 aliphatic rings. The third-order valence-electron chi connectivity index (χ3n) is 1.64. The van der Waals surface area contributed by atoms with Crippen molar-refractivity contribution in [2.45, 2.75) is 0 Å². The van der Waals surface area contributed by atoms with E-state index in [1.807, 2.05) is 0 Å². The van der Waals surface area contributed by atoms with Gasteiger partial charge in [0, 0.05) is 6.20 Å². The summed E-state index contributed by atoms with van der Waals surface area (Å²) < 4.78 is 0. The Morgan fingerprint density at radius 3 is 2.93 bits per heavy atom. The third-order valence-corrected chi connectivity index (χ3v) is 1.64. The smallest absolute Gasteiger partial charge is 0.271 e. The van der Waals surface area contributed by atoms with Crippen LogP contribution in [0.3, 0.4) is 0 Å². The molecule has 0 spiro atoms. The number of aromatic nitrogens is 1. The van der Waals surface area contributed by atoms with Gasteiger partial charge in [-0.05, 0) is 12.1 Å². The highest BCUT2D eigenvalue weighted by atomic mass is 16.2. The number of nitrogens with two attached hydrogens (primary N) is 1. The quantitative estimate of drug-likeness (QED) is 0.652. The Bertz CT molecular complexity index is 435. The predicted octanol–water partition coefficient (Wildman–Crippen LogP) is -0.456. The first-order valence-electron chi connectivity index (χ1n) is 4.13. The SMILES string of the molecule is C#CCNC(=O)c1ncccc1C(N)=O. The van der Waals surface area contributed by atoms with Crippen LogP contribution in [0, 0.1) is 12.3 Å². The number of primary amides is 1. The predicted molar refractivity (Wildman–Crippen MR) is 53.9 cm³/mol. The van der Waals surface area contributed by atoms with Gasteiger partial charge in [-0.15, -0.1) is 6.42 Å². The van der Waals surface area contributed by atoms with E-state index in [1.54, 1.807) is 0 Å². The second kappa shape index (κ2) is 4.77. The lowest BCUT2D eigenvalue weighted by atomic mass is 10.2. The third kappa shape index (κ3) is 2.54. The minimum Gasteiger partial charge on any atom is -0.366 e. The molecule has 1 aromatic heterocycles. The average Bonchev–Trinajstić information content (AvgIpc) is 2.25. The zero-order chi connectivity index (χ0) is 11.3. The van der Waals surface area contributed by atoms with E-state index in [9.17, 15) is 9.59 Å². The van der Waals surface area contributed by atoms with Crippen LogP contribution in [0.2, 0.25) is 0 Å². The van der Waals surface area contributed by atoms with Gasteiger partial charge >= 0.3 is 0 Å². The van der Waals surface area contributed by atoms with Gasteiger partial charge in [0.05, 0.1) is 12.1 Å². The van der Waals surface area contributed by atoms with Crippen LogP contribution in [0.5, 0.6) is 0 Å². The van der Waals surface area contributed by atoms with E-state index < -0.39 is 11.8 Å². The number of terminal acetylenes is 1. The number of amides is 2. The first-order valence-corrected chi connectivity index (χ1v) is 4.13. The van der Waals surface area contributed by atoms with Gasteiger partial charge in [0.1, 0.15) is 5.69 Å². The van der Waals surface area contributed by atoms with Crippen molar-refractivity contribution in [3.05, 3.63) is 29.6 Å². The summed E-state index contributed by atoms with van der Waals surface area (Å²) >= 11 is 0. The fourth-order valence-corrected chi connectivity index (χ4v) is 1.00. The van der Waals surface area contributed by atoms with E-state index in [0.717, 1.165) is 0 Å². The standard InChI is InChI=1S/C10H9N3O2/c1-2-5-13-10(15)8-7(9(11)14)4-3-6-12-8/h1,3-4,6H,5H2,(H2,11,14)(H,13,15). The molecule has 76 valence electrons. The maximum Gasteiger partial charge on any atom is 0.271 e. The van der Waals surface area contributed by atoms with Gasteiger partial charge in [-0.1, -0.05) is 5.92 Å². The van der Waals surface area contributed by atoms with Crippen LogP contribution >= 0.6 is 0 Å². The van der Waals surface area contributed by atoms with Crippen LogP contribution in [0.4, 0.5) is 0 Å². The summed E-state index contributed by atoms with van der Waals surface area (Å²) in [6.07, 6.45) is 6.38. The lowest BCUT2D eigenvalue weighted by Gasteiger charge is -2.04. The molecule has 0 aromatic carbocycles. The minimum atomic E-state index is -0.700. The molecule has 0 aliphatic carbocycles. The molecule has 0 atom stereocenters. The summed E-state index contributed by atoms with van der Waals surface area (Å²) in [4.78, 5) is 26.2. The molecule has 0 unspecified atom stereocenters. The largest absolute Gasteiger partial charge is 0.366 e. The average molecular weight is 203 g/mol. The number of pyridine rings is 1. The number of nitrogens with one attached hydrogen (secondary N) is 1. The maximum absolute atomic E-state index is 11.5. The van der Waals surface area contributed by atoms with Crippen molar-refractivity contribution in [1.29, 1.82) is 0 Å². The summed E-state index contributed by atoms with van der Waals surface area (Å²) in [5, 5.41) is 2.40. The van der Waals surface area contributed by atoms with Gasteiger partial charge in [0.15, 0.2) is 0 Å². The molecule has 0 radical (unpaired) electrons. The van der Waals surface area contributed by atoms with E-state index >= 15 is 0 Å². The van der Waals surface area contributed by atoms with Gasteiger partial charge < -0.3 is 11.1 Å². The van der Waals surface area contributed by atoms with E-state index in [1.165, 1.54) is 18.3 Å². The molecule has 15 heavy (non-hydrogen) atoms. The zero-order valence-corrected chi connectivity index (χ0v) is 7.86. The van der Waals surface area contributed by atoms with Gasteiger partial charge in [-0.2, -0.15) is 0 Å². The Hall–Kier alpha value is -2.35. The van der Waals surface area contributed by atoms with Crippen molar-refractivity contribution >= 4 is 11.8 Å². The van der Waals surface area contributed by atoms with E-state index in [-0.39, 0.29) is 17.8 Å². The second-order valence-electron chi connectivity index (χ2n) is 2.65. The van der Waals surface area contributed by atoms with Crippen LogP contribution in [0.15, 0.2) is 18.3 Å². The van der Waals surface area contributed by atoms with Gasteiger partial charge in [-0.3, -0.25) is 14.6 Å². The molecule has 0 bridgehead atoms. The summed E-state index contributed by atoms with van der Waals surface area (Å²) in [5.41, 5.74) is 5.14. The van der Waals surface area contributed by atoms with Crippen LogP contribution in [0.1, 0.15) is 20.8 Å². The molecule has 1 aromatic rings. The first kappa shape index (κ1) is 10.7. The summed E-state index contributed by atoms with van der Waals surface area (Å²) in [6.45, 7) is 0.0770. The number of rotatable bonds is 3. The molecule has 0 fully saturated rings. The highest BCUT2D eigenvalue weighted by Gasteiger charge is 2.15. The highest BCUT2D eigenvalue weighted by Crippen LogP contribution is 2.03. The van der Waals surface area contributed by atoms with Crippen molar-refractivity contribution in [3.63, 3.8) is 0 Å². The monoisotopic (exact) mass is 203 g/mol. The summed E-state index contributed by atoms with van der Waals surface area (Å²) in [7, 11) is 0. The second-order valence-corrected chi connectivity index (χ2v) is 2.65. The van der Waals surface area contributed by atoms with Crippen molar-refractivity contribution in [1.82, 2.24) is 10.3 Å². The lowest BCUT2D eigenvalue weighted by Crippen LogP contribution is -2.28. The topological polar surface area (TPSA) is 85.1 Å². The fraction of sp³-hybridized carbons (Fsp3) is 0.100. The Balaban J connectivity index is 2.98. The first-order chi connectivity index (χ1) is 7.16. The molecule has 5 heteroatoms. The van der Waals surface area contributed by atoms with E-state index in [2.05, 4.69) is 16.2 Å². The zero-order valence-electron chi connectivity index (χ0n) is 7.86. The molecule has 0 saturated heterocycles. The Morgan fingerprint density at radius 2 is 2.33 bits per heavy atom. The Labute approximate surface area is 86.7 Å². The van der Waals surface area contributed by atoms with Gasteiger partial charge in [-0.25, -0.2) is 0 Å². The normalized spacial score (nSPS) is 9.00. The van der Waals surface area contributed by atoms with Gasteiger partial charge in [0.25, 0.3) is 11.8 Å². The summed E-state index contributed by atoms with van der Waals surface area (Å²) in [5.74, 6) is 1.03. The number of hydrogen-bond acceptors (Lipinski definition) is 3. The molecule has 0 saturated carbocycles. The van der Waals surface area contributed by atoms with Crippen LogP contribution < -0.4 is 11.1 Å². The molecule has 2 amide bonds. The Kier molecular flexibility index (Phi) is 3.41. The molecule has 1 heterocycles. The molecule has 5 nitrogen and oxygen atoms in total. The Morgan fingerprint density at radius 1 is 1.60 bits per heavy atom.